The highest BCUT2D eigenvalue weighted by molar-refractivity contribution is 5.92. The molecule has 0 N–H and O–H groups in total. The van der Waals surface area contributed by atoms with Crippen molar-refractivity contribution in [1.29, 1.82) is 0 Å². The number of cyclic esters (lactones) is 1. The fourth-order valence-electron chi connectivity index (χ4n) is 2.22. The average molecular weight is 216 g/mol. The summed E-state index contributed by atoms with van der Waals surface area (Å²) in [6.07, 6.45) is 1.87. The van der Waals surface area contributed by atoms with Gasteiger partial charge < -0.3 is 4.74 Å². The van der Waals surface area contributed by atoms with Gasteiger partial charge in [0.15, 0.2) is 0 Å². The van der Waals surface area contributed by atoms with Crippen LogP contribution in [0.5, 0.6) is 0 Å². The minimum absolute atomic E-state index is 0.0348. The molecular weight excluding hydrogens is 200 g/mol. The number of esters is 1. The van der Waals surface area contributed by atoms with Crippen molar-refractivity contribution >= 4 is 5.97 Å². The summed E-state index contributed by atoms with van der Waals surface area (Å²) in [6, 6.07) is 9.99. The second-order valence-electron chi connectivity index (χ2n) is 4.15. The van der Waals surface area contributed by atoms with Crippen LogP contribution in [0.1, 0.15) is 31.2 Å². The van der Waals surface area contributed by atoms with E-state index in [0.717, 1.165) is 18.4 Å². The maximum absolute atomic E-state index is 11.5. The summed E-state index contributed by atoms with van der Waals surface area (Å²) in [5.74, 6) is -0.207. The number of carbonyl (C=O) groups is 1. The van der Waals surface area contributed by atoms with Crippen molar-refractivity contribution in [2.24, 2.45) is 0 Å². The average Bonchev–Trinajstić information content (AvgIpc) is 2.57. The minimum Gasteiger partial charge on any atom is -0.458 e. The highest BCUT2D eigenvalue weighted by atomic mass is 16.6. The van der Waals surface area contributed by atoms with E-state index in [1.54, 1.807) is 0 Å². The van der Waals surface area contributed by atoms with Crippen LogP contribution in [0.3, 0.4) is 0 Å². The number of rotatable bonds is 3. The van der Waals surface area contributed by atoms with Crippen LogP contribution in [-0.2, 0) is 9.53 Å². The summed E-state index contributed by atoms with van der Waals surface area (Å²) in [5.41, 5.74) is 1.71. The molecule has 1 fully saturated rings. The summed E-state index contributed by atoms with van der Waals surface area (Å²) < 4.78 is 5.34. The molecule has 16 heavy (non-hydrogen) atoms. The summed E-state index contributed by atoms with van der Waals surface area (Å²) >= 11 is 0. The van der Waals surface area contributed by atoms with Crippen molar-refractivity contribution in [2.75, 3.05) is 0 Å². The molecule has 0 amide bonds. The molecular formula is C14H16O2. The van der Waals surface area contributed by atoms with Gasteiger partial charge in [0.1, 0.15) is 6.10 Å². The van der Waals surface area contributed by atoms with E-state index < -0.39 is 0 Å². The predicted octanol–water partition coefficient (Wildman–Crippen LogP) is 3.05. The van der Waals surface area contributed by atoms with Crippen LogP contribution in [0.15, 0.2) is 42.5 Å². The van der Waals surface area contributed by atoms with Gasteiger partial charge in [-0.3, -0.25) is 0 Å². The van der Waals surface area contributed by atoms with Crippen molar-refractivity contribution in [3.05, 3.63) is 48.0 Å². The Morgan fingerprint density at radius 1 is 1.31 bits per heavy atom. The van der Waals surface area contributed by atoms with Crippen molar-refractivity contribution in [3.8, 4) is 0 Å². The molecule has 0 saturated carbocycles. The molecule has 1 saturated heterocycles. The van der Waals surface area contributed by atoms with Crippen molar-refractivity contribution < 1.29 is 9.53 Å². The lowest BCUT2D eigenvalue weighted by Gasteiger charge is -2.17. The highest BCUT2D eigenvalue weighted by Crippen LogP contribution is 2.37. The van der Waals surface area contributed by atoms with Gasteiger partial charge in [0.05, 0.1) is 5.92 Å². The SMILES string of the molecule is C=C1C(=O)O[C@@H](CCC)[C@H]1c1ccccc1. The molecule has 1 aromatic carbocycles. The lowest BCUT2D eigenvalue weighted by Crippen LogP contribution is -2.14. The predicted molar refractivity (Wildman–Crippen MR) is 63.1 cm³/mol. The normalized spacial score (nSPS) is 24.6. The van der Waals surface area contributed by atoms with Gasteiger partial charge in [-0.15, -0.1) is 0 Å². The van der Waals surface area contributed by atoms with Crippen LogP contribution in [0.4, 0.5) is 0 Å². The summed E-state index contributed by atoms with van der Waals surface area (Å²) in [4.78, 5) is 11.5. The first kappa shape index (κ1) is 10.9. The first-order chi connectivity index (χ1) is 7.74. The third kappa shape index (κ3) is 1.87. The van der Waals surface area contributed by atoms with Crippen LogP contribution in [0.2, 0.25) is 0 Å². The fraction of sp³-hybridized carbons (Fsp3) is 0.357. The highest BCUT2D eigenvalue weighted by Gasteiger charge is 2.38. The Balaban J connectivity index is 2.29. The van der Waals surface area contributed by atoms with Crippen LogP contribution < -0.4 is 0 Å². The van der Waals surface area contributed by atoms with E-state index >= 15 is 0 Å². The molecule has 0 radical (unpaired) electrons. The molecule has 0 bridgehead atoms. The number of carbonyl (C=O) groups excluding carboxylic acids is 1. The molecule has 2 heteroatoms. The minimum atomic E-state index is -0.243. The Kier molecular flexibility index (Phi) is 3.09. The maximum atomic E-state index is 11.5. The second-order valence-corrected chi connectivity index (χ2v) is 4.15. The van der Waals surface area contributed by atoms with Crippen molar-refractivity contribution in [3.63, 3.8) is 0 Å². The standard InChI is InChI=1S/C14H16O2/c1-3-7-12-13(10(2)14(15)16-12)11-8-5-4-6-9-11/h4-6,8-9,12-13H,2-3,7H2,1H3/t12-,13+/m0/s1. The van der Waals surface area contributed by atoms with E-state index in [0.29, 0.717) is 5.57 Å². The van der Waals surface area contributed by atoms with E-state index in [1.807, 2.05) is 30.3 Å². The quantitative estimate of drug-likeness (QED) is 0.573. The van der Waals surface area contributed by atoms with Crippen molar-refractivity contribution in [1.82, 2.24) is 0 Å². The molecule has 1 heterocycles. The number of ether oxygens (including phenoxy) is 1. The Morgan fingerprint density at radius 2 is 2.00 bits per heavy atom. The van der Waals surface area contributed by atoms with Crippen LogP contribution >= 0.6 is 0 Å². The van der Waals surface area contributed by atoms with Gasteiger partial charge >= 0.3 is 5.97 Å². The third-order valence-electron chi connectivity index (χ3n) is 3.00. The Bertz CT molecular complexity index is 394. The fourth-order valence-corrected chi connectivity index (χ4v) is 2.22. The summed E-state index contributed by atoms with van der Waals surface area (Å²) in [7, 11) is 0. The molecule has 2 nitrogen and oxygen atoms in total. The molecule has 84 valence electrons. The molecule has 0 aromatic heterocycles. The van der Waals surface area contributed by atoms with Gasteiger partial charge in [-0.1, -0.05) is 50.3 Å². The summed E-state index contributed by atoms with van der Waals surface area (Å²) in [6.45, 7) is 5.95. The second kappa shape index (κ2) is 4.52. The van der Waals surface area contributed by atoms with E-state index in [-0.39, 0.29) is 18.0 Å². The monoisotopic (exact) mass is 216 g/mol. The molecule has 1 aliphatic rings. The van der Waals surface area contributed by atoms with Gasteiger partial charge in [0.25, 0.3) is 0 Å². The van der Waals surface area contributed by atoms with E-state index in [1.165, 1.54) is 0 Å². The third-order valence-corrected chi connectivity index (χ3v) is 3.00. The lowest BCUT2D eigenvalue weighted by atomic mass is 9.87. The zero-order chi connectivity index (χ0) is 11.5. The van der Waals surface area contributed by atoms with E-state index in [9.17, 15) is 4.79 Å². The number of hydrogen-bond acceptors (Lipinski definition) is 2. The topological polar surface area (TPSA) is 26.3 Å². The van der Waals surface area contributed by atoms with Gasteiger partial charge in [-0.25, -0.2) is 4.79 Å². The first-order valence-electron chi connectivity index (χ1n) is 5.68. The molecule has 1 aromatic rings. The molecule has 0 unspecified atom stereocenters. The largest absolute Gasteiger partial charge is 0.458 e. The van der Waals surface area contributed by atoms with E-state index in [4.69, 9.17) is 4.74 Å². The van der Waals surface area contributed by atoms with Crippen LogP contribution in [0, 0.1) is 0 Å². The molecule has 0 spiro atoms. The van der Waals surface area contributed by atoms with Gasteiger partial charge in [-0.05, 0) is 12.0 Å². The molecule has 2 rings (SSSR count). The number of benzene rings is 1. The zero-order valence-corrected chi connectivity index (χ0v) is 9.48. The molecule has 2 atom stereocenters. The molecule has 1 aliphatic heterocycles. The van der Waals surface area contributed by atoms with Crippen LogP contribution in [-0.4, -0.2) is 12.1 Å². The Labute approximate surface area is 95.9 Å². The maximum Gasteiger partial charge on any atom is 0.334 e. The van der Waals surface area contributed by atoms with E-state index in [2.05, 4.69) is 13.5 Å². The number of hydrogen-bond donors (Lipinski definition) is 0. The van der Waals surface area contributed by atoms with Crippen LogP contribution in [0.25, 0.3) is 0 Å². The van der Waals surface area contributed by atoms with Gasteiger partial charge in [0, 0.05) is 5.57 Å². The summed E-state index contributed by atoms with van der Waals surface area (Å²) in [5, 5.41) is 0. The lowest BCUT2D eigenvalue weighted by molar-refractivity contribution is -0.139. The van der Waals surface area contributed by atoms with Crippen molar-refractivity contribution in [2.45, 2.75) is 31.8 Å². The Hall–Kier alpha value is -1.57. The Morgan fingerprint density at radius 3 is 2.62 bits per heavy atom. The smallest absolute Gasteiger partial charge is 0.334 e. The molecule has 0 aliphatic carbocycles. The zero-order valence-electron chi connectivity index (χ0n) is 9.48. The first-order valence-corrected chi connectivity index (χ1v) is 5.68. The van der Waals surface area contributed by atoms with Gasteiger partial charge in [0.2, 0.25) is 0 Å². The van der Waals surface area contributed by atoms with Gasteiger partial charge in [-0.2, -0.15) is 0 Å².